The molecule has 58 valence electrons. The van der Waals surface area contributed by atoms with Crippen LogP contribution in [0.4, 0.5) is 0 Å². The molecule has 0 radical (unpaired) electrons. The van der Waals surface area contributed by atoms with Crippen molar-refractivity contribution in [3.63, 3.8) is 0 Å². The van der Waals surface area contributed by atoms with Gasteiger partial charge in [-0.2, -0.15) is 0 Å². The molecular weight excluding hydrogens is 136 g/mol. The van der Waals surface area contributed by atoms with Crippen molar-refractivity contribution in [2.24, 2.45) is 4.99 Å². The summed E-state index contributed by atoms with van der Waals surface area (Å²) in [6, 6.07) is 0. The Balaban J connectivity index is 2.77. The van der Waals surface area contributed by atoms with Crippen molar-refractivity contribution in [1.82, 2.24) is 4.90 Å². The van der Waals surface area contributed by atoms with Crippen molar-refractivity contribution in [3.05, 3.63) is 36.8 Å². The quantitative estimate of drug-likeness (QED) is 0.554. The summed E-state index contributed by atoms with van der Waals surface area (Å²) in [6.07, 6.45) is 7.56. The fourth-order valence-electron chi connectivity index (χ4n) is 0.822. The molecule has 0 unspecified atom stereocenters. The Morgan fingerprint density at radius 2 is 2.36 bits per heavy atom. The molecule has 0 saturated heterocycles. The Morgan fingerprint density at radius 3 is 2.82 bits per heavy atom. The lowest BCUT2D eigenvalue weighted by molar-refractivity contribution is 0.615. The number of hydrogen-bond acceptors (Lipinski definition) is 2. The van der Waals surface area contributed by atoms with Gasteiger partial charge in [-0.25, -0.2) is 0 Å². The first-order valence-electron chi connectivity index (χ1n) is 3.55. The molecule has 0 amide bonds. The van der Waals surface area contributed by atoms with Crippen molar-refractivity contribution in [2.45, 2.75) is 6.92 Å². The first-order valence-corrected chi connectivity index (χ1v) is 3.55. The van der Waals surface area contributed by atoms with Crippen LogP contribution in [0.2, 0.25) is 0 Å². The third-order valence-electron chi connectivity index (χ3n) is 1.54. The maximum absolute atomic E-state index is 4.18. The molecule has 1 rings (SSSR count). The topological polar surface area (TPSA) is 15.6 Å². The third kappa shape index (κ3) is 1.58. The van der Waals surface area contributed by atoms with Gasteiger partial charge in [-0.3, -0.25) is 4.99 Å². The van der Waals surface area contributed by atoms with Crippen LogP contribution in [0.5, 0.6) is 0 Å². The van der Waals surface area contributed by atoms with Crippen LogP contribution < -0.4 is 0 Å². The second-order valence-electron chi connectivity index (χ2n) is 2.37. The molecule has 0 aromatic rings. The summed E-state index contributed by atoms with van der Waals surface area (Å²) in [4.78, 5) is 6.13. The number of aliphatic imine (C=N–C) groups is 1. The molecule has 0 aromatic heterocycles. The highest BCUT2D eigenvalue weighted by molar-refractivity contribution is 6.09. The van der Waals surface area contributed by atoms with E-state index in [1.54, 1.807) is 6.20 Å². The minimum Gasteiger partial charge on any atom is -0.350 e. The van der Waals surface area contributed by atoms with Crippen LogP contribution >= 0.6 is 0 Å². The number of nitrogens with zero attached hydrogens (tertiary/aromatic N) is 2. The van der Waals surface area contributed by atoms with Crippen LogP contribution in [0.25, 0.3) is 0 Å². The largest absolute Gasteiger partial charge is 0.350 e. The highest BCUT2D eigenvalue weighted by Gasteiger charge is 2.09. The van der Waals surface area contributed by atoms with Gasteiger partial charge in [0.05, 0.1) is 11.4 Å². The van der Waals surface area contributed by atoms with Crippen LogP contribution in [0.15, 0.2) is 41.8 Å². The van der Waals surface area contributed by atoms with Crippen LogP contribution in [0.3, 0.4) is 0 Å². The fourth-order valence-corrected chi connectivity index (χ4v) is 0.822. The molecule has 0 aromatic carbocycles. The zero-order valence-electron chi connectivity index (χ0n) is 6.91. The minimum atomic E-state index is 0.936. The molecule has 1 aliphatic heterocycles. The summed E-state index contributed by atoms with van der Waals surface area (Å²) in [5, 5.41) is 0. The number of rotatable bonds is 1. The van der Waals surface area contributed by atoms with E-state index in [9.17, 15) is 0 Å². The molecule has 2 nitrogen and oxygen atoms in total. The van der Waals surface area contributed by atoms with E-state index in [0.29, 0.717) is 0 Å². The van der Waals surface area contributed by atoms with E-state index in [1.807, 2.05) is 37.2 Å². The average molecular weight is 148 g/mol. The lowest BCUT2D eigenvalue weighted by atomic mass is 10.3. The van der Waals surface area contributed by atoms with Gasteiger partial charge in [-0.15, -0.1) is 0 Å². The van der Waals surface area contributed by atoms with Crippen LogP contribution in [-0.4, -0.2) is 17.7 Å². The van der Waals surface area contributed by atoms with E-state index in [-0.39, 0.29) is 0 Å². The molecule has 1 aliphatic rings. The fraction of sp³-hybridized carbons (Fsp3) is 0.222. The number of hydrogen-bond donors (Lipinski definition) is 0. The van der Waals surface area contributed by atoms with Crippen LogP contribution in [0.1, 0.15) is 6.92 Å². The van der Waals surface area contributed by atoms with Gasteiger partial charge >= 0.3 is 0 Å². The molecule has 2 heteroatoms. The summed E-state index contributed by atoms with van der Waals surface area (Å²) in [6.45, 7) is 5.81. The molecule has 0 N–H and O–H groups in total. The molecule has 0 atom stereocenters. The van der Waals surface area contributed by atoms with Crippen molar-refractivity contribution in [1.29, 1.82) is 0 Å². The Morgan fingerprint density at radius 1 is 1.64 bits per heavy atom. The first kappa shape index (κ1) is 7.79. The Hall–Kier alpha value is -1.31. The average Bonchev–Trinajstić information content (AvgIpc) is 2.31. The normalized spacial score (nSPS) is 21.1. The van der Waals surface area contributed by atoms with E-state index in [1.165, 1.54) is 0 Å². The Kier molecular flexibility index (Phi) is 2.26. The molecule has 11 heavy (non-hydrogen) atoms. The third-order valence-corrected chi connectivity index (χ3v) is 1.54. The van der Waals surface area contributed by atoms with Crippen molar-refractivity contribution in [2.75, 3.05) is 7.05 Å². The summed E-state index contributed by atoms with van der Waals surface area (Å²) >= 11 is 0. The smallest absolute Gasteiger partial charge is 0.0874 e. The van der Waals surface area contributed by atoms with E-state index >= 15 is 0 Å². The van der Waals surface area contributed by atoms with E-state index in [4.69, 9.17) is 0 Å². The minimum absolute atomic E-state index is 0.936. The van der Waals surface area contributed by atoms with E-state index in [0.717, 1.165) is 11.4 Å². The van der Waals surface area contributed by atoms with E-state index in [2.05, 4.69) is 11.6 Å². The predicted molar refractivity (Wildman–Crippen MR) is 48.3 cm³/mol. The van der Waals surface area contributed by atoms with Gasteiger partial charge in [-0.1, -0.05) is 12.7 Å². The number of allylic oxidation sites excluding steroid dienone is 2. The van der Waals surface area contributed by atoms with Crippen molar-refractivity contribution < 1.29 is 0 Å². The molecule has 0 spiro atoms. The van der Waals surface area contributed by atoms with Gasteiger partial charge < -0.3 is 4.90 Å². The second-order valence-corrected chi connectivity index (χ2v) is 2.37. The monoisotopic (exact) mass is 148 g/mol. The van der Waals surface area contributed by atoms with Crippen molar-refractivity contribution >= 4 is 5.71 Å². The van der Waals surface area contributed by atoms with Crippen LogP contribution in [0, 0.1) is 0 Å². The summed E-state index contributed by atoms with van der Waals surface area (Å²) in [5.41, 5.74) is 1.88. The molecule has 0 aliphatic carbocycles. The van der Waals surface area contributed by atoms with Crippen molar-refractivity contribution in [3.8, 4) is 0 Å². The Bertz CT molecular complexity index is 246. The lowest BCUT2D eigenvalue weighted by Crippen LogP contribution is -2.07. The van der Waals surface area contributed by atoms with Gasteiger partial charge in [0.15, 0.2) is 0 Å². The maximum Gasteiger partial charge on any atom is 0.0874 e. The highest BCUT2D eigenvalue weighted by atomic mass is 15.1. The SMILES string of the molecule is C=C1C(=N/C=C\C)C=CN1C. The summed E-state index contributed by atoms with van der Waals surface area (Å²) in [7, 11) is 1.96. The molecule has 0 saturated carbocycles. The zero-order valence-corrected chi connectivity index (χ0v) is 6.91. The maximum atomic E-state index is 4.18. The zero-order chi connectivity index (χ0) is 8.27. The molecule has 0 fully saturated rings. The molecular formula is C9H12N2. The lowest BCUT2D eigenvalue weighted by Gasteiger charge is -2.07. The van der Waals surface area contributed by atoms with Crippen LogP contribution in [-0.2, 0) is 0 Å². The summed E-state index contributed by atoms with van der Waals surface area (Å²) in [5.74, 6) is 0. The van der Waals surface area contributed by atoms with E-state index < -0.39 is 0 Å². The first-order chi connectivity index (χ1) is 5.25. The van der Waals surface area contributed by atoms with Gasteiger partial charge in [0.1, 0.15) is 0 Å². The van der Waals surface area contributed by atoms with Gasteiger partial charge in [-0.05, 0) is 13.0 Å². The highest BCUT2D eigenvalue weighted by Crippen LogP contribution is 2.11. The second kappa shape index (κ2) is 3.19. The predicted octanol–water partition coefficient (Wildman–Crippen LogP) is 1.93. The molecule has 0 bridgehead atoms. The van der Waals surface area contributed by atoms with Gasteiger partial charge in [0.2, 0.25) is 0 Å². The Labute approximate surface area is 67.2 Å². The van der Waals surface area contributed by atoms with Gasteiger partial charge in [0.25, 0.3) is 0 Å². The standard InChI is InChI=1S/C9H12N2/c1-4-6-10-9-5-7-11(3)8(9)2/h4-7H,2H2,1,3H3/b6-4-,10-9?. The molecule has 1 heterocycles. The van der Waals surface area contributed by atoms with Gasteiger partial charge in [0, 0.05) is 19.4 Å². The summed E-state index contributed by atoms with van der Waals surface area (Å²) < 4.78 is 0.